The molecule has 14 heavy (non-hydrogen) atoms. The highest BCUT2D eigenvalue weighted by Crippen LogP contribution is 1.99. The third kappa shape index (κ3) is 3.98. The van der Waals surface area contributed by atoms with Gasteiger partial charge in [-0.2, -0.15) is 0 Å². The maximum atomic E-state index is 11.1. The fraction of sp³-hybridized carbons (Fsp3) is 0.500. The fourth-order valence-electron chi connectivity index (χ4n) is 1.07. The Bertz CT molecular complexity index is 268. The van der Waals surface area contributed by atoms with Gasteiger partial charge >= 0.3 is 6.03 Å². The molecule has 1 heterocycles. The van der Waals surface area contributed by atoms with Crippen LogP contribution in [0.1, 0.15) is 19.4 Å². The predicted octanol–water partition coefficient (Wildman–Crippen LogP) is 1.53. The highest BCUT2D eigenvalue weighted by molar-refractivity contribution is 5.74. The molecule has 0 aliphatic rings. The van der Waals surface area contributed by atoms with E-state index in [-0.39, 0.29) is 12.1 Å². The molecule has 2 N–H and O–H groups in total. The number of rotatable bonds is 4. The molecule has 0 spiro atoms. The zero-order valence-corrected chi connectivity index (χ0v) is 8.54. The predicted molar refractivity (Wildman–Crippen MR) is 54.1 cm³/mol. The fourth-order valence-corrected chi connectivity index (χ4v) is 1.07. The van der Waals surface area contributed by atoms with Gasteiger partial charge in [0.25, 0.3) is 0 Å². The Morgan fingerprint density at radius 2 is 2.36 bits per heavy atom. The van der Waals surface area contributed by atoms with Crippen LogP contribution >= 0.6 is 0 Å². The number of amides is 2. The number of urea groups is 1. The van der Waals surface area contributed by atoms with Gasteiger partial charge in [0.05, 0.1) is 12.5 Å². The summed E-state index contributed by atoms with van der Waals surface area (Å²) in [5.74, 6) is 0. The summed E-state index contributed by atoms with van der Waals surface area (Å²) in [6.45, 7) is 4.48. The van der Waals surface area contributed by atoms with Gasteiger partial charge in [0.15, 0.2) is 0 Å². The van der Waals surface area contributed by atoms with Gasteiger partial charge in [0.2, 0.25) is 0 Å². The number of hydrogen-bond donors (Lipinski definition) is 2. The molecular weight excluding hydrogens is 180 g/mol. The summed E-state index contributed by atoms with van der Waals surface area (Å²) in [6.07, 6.45) is 4.10. The first kappa shape index (κ1) is 10.6. The summed E-state index contributed by atoms with van der Waals surface area (Å²) in [5, 5.41) is 5.51. The van der Waals surface area contributed by atoms with Gasteiger partial charge in [-0.3, -0.25) is 0 Å². The average Bonchev–Trinajstić information content (AvgIpc) is 2.55. The van der Waals surface area contributed by atoms with E-state index in [1.54, 1.807) is 12.5 Å². The van der Waals surface area contributed by atoms with E-state index in [1.807, 2.05) is 19.9 Å². The minimum atomic E-state index is -0.122. The van der Waals surface area contributed by atoms with E-state index in [2.05, 4.69) is 10.6 Å². The minimum Gasteiger partial charge on any atom is -0.472 e. The van der Waals surface area contributed by atoms with Crippen molar-refractivity contribution < 1.29 is 9.21 Å². The number of hydrogen-bond acceptors (Lipinski definition) is 2. The summed E-state index contributed by atoms with van der Waals surface area (Å²) in [5.41, 5.74) is 1.09. The van der Waals surface area contributed by atoms with Crippen LogP contribution in [0.15, 0.2) is 23.0 Å². The van der Waals surface area contributed by atoms with Crippen LogP contribution in [0.25, 0.3) is 0 Å². The number of carbonyl (C=O) groups excluding carboxylic acids is 1. The van der Waals surface area contributed by atoms with Crippen molar-refractivity contribution >= 4 is 6.03 Å². The van der Waals surface area contributed by atoms with Crippen LogP contribution in [0.5, 0.6) is 0 Å². The highest BCUT2D eigenvalue weighted by Gasteiger charge is 2.01. The summed E-state index contributed by atoms with van der Waals surface area (Å²) in [6, 6.07) is 1.94. The van der Waals surface area contributed by atoms with Crippen LogP contribution in [-0.4, -0.2) is 18.6 Å². The molecule has 0 aliphatic heterocycles. The molecule has 0 atom stereocenters. The molecule has 0 aromatic carbocycles. The quantitative estimate of drug-likeness (QED) is 0.767. The largest absolute Gasteiger partial charge is 0.472 e. The van der Waals surface area contributed by atoms with E-state index in [0.717, 1.165) is 12.0 Å². The lowest BCUT2D eigenvalue weighted by atomic mass is 10.2. The van der Waals surface area contributed by atoms with Crippen molar-refractivity contribution in [2.75, 3.05) is 6.54 Å². The van der Waals surface area contributed by atoms with Crippen molar-refractivity contribution in [2.24, 2.45) is 0 Å². The molecule has 4 heteroatoms. The molecule has 0 fully saturated rings. The third-order valence-electron chi connectivity index (χ3n) is 1.70. The Hall–Kier alpha value is -1.45. The molecule has 1 aromatic heterocycles. The smallest absolute Gasteiger partial charge is 0.314 e. The van der Waals surface area contributed by atoms with Crippen LogP contribution in [-0.2, 0) is 6.42 Å². The summed E-state index contributed by atoms with van der Waals surface area (Å²) >= 11 is 0. The maximum absolute atomic E-state index is 11.1. The van der Waals surface area contributed by atoms with Gasteiger partial charge in [0.1, 0.15) is 0 Å². The second kappa shape index (κ2) is 5.32. The summed E-state index contributed by atoms with van der Waals surface area (Å²) in [4.78, 5) is 11.1. The first-order valence-electron chi connectivity index (χ1n) is 4.74. The Balaban J connectivity index is 2.12. The number of carbonyl (C=O) groups is 1. The van der Waals surface area contributed by atoms with Crippen molar-refractivity contribution in [3.63, 3.8) is 0 Å². The van der Waals surface area contributed by atoms with Gasteiger partial charge in [-0.15, -0.1) is 0 Å². The average molecular weight is 196 g/mol. The molecule has 1 aromatic rings. The first-order chi connectivity index (χ1) is 6.68. The second-order valence-corrected chi connectivity index (χ2v) is 3.44. The highest BCUT2D eigenvalue weighted by atomic mass is 16.3. The van der Waals surface area contributed by atoms with Gasteiger partial charge in [0, 0.05) is 12.6 Å². The van der Waals surface area contributed by atoms with Crippen molar-refractivity contribution in [3.8, 4) is 0 Å². The third-order valence-corrected chi connectivity index (χ3v) is 1.70. The molecule has 0 bridgehead atoms. The normalized spacial score (nSPS) is 10.2. The Labute approximate surface area is 83.7 Å². The van der Waals surface area contributed by atoms with E-state index >= 15 is 0 Å². The van der Waals surface area contributed by atoms with Crippen LogP contribution in [0.4, 0.5) is 4.79 Å². The van der Waals surface area contributed by atoms with Gasteiger partial charge in [-0.1, -0.05) is 0 Å². The summed E-state index contributed by atoms with van der Waals surface area (Å²) in [7, 11) is 0. The van der Waals surface area contributed by atoms with E-state index in [1.165, 1.54) is 0 Å². The lowest BCUT2D eigenvalue weighted by Crippen LogP contribution is -2.40. The number of nitrogens with one attached hydrogen (secondary N) is 2. The van der Waals surface area contributed by atoms with Gasteiger partial charge in [-0.05, 0) is 31.9 Å². The molecule has 1 rings (SSSR count). The van der Waals surface area contributed by atoms with Crippen LogP contribution in [0.2, 0.25) is 0 Å². The van der Waals surface area contributed by atoms with E-state index in [9.17, 15) is 4.79 Å². The maximum Gasteiger partial charge on any atom is 0.314 e. The standard InChI is InChI=1S/C10H16N2O2/c1-8(2)12-10(13)11-5-3-9-4-6-14-7-9/h4,6-8H,3,5H2,1-2H3,(H2,11,12,13). The topological polar surface area (TPSA) is 54.3 Å². The Kier molecular flexibility index (Phi) is 4.04. The zero-order chi connectivity index (χ0) is 10.4. The van der Waals surface area contributed by atoms with Crippen molar-refractivity contribution in [1.29, 1.82) is 0 Å². The minimum absolute atomic E-state index is 0.122. The van der Waals surface area contributed by atoms with Gasteiger partial charge < -0.3 is 15.1 Å². The van der Waals surface area contributed by atoms with Crippen molar-refractivity contribution in [1.82, 2.24) is 10.6 Å². The van der Waals surface area contributed by atoms with E-state index < -0.39 is 0 Å². The van der Waals surface area contributed by atoms with Crippen molar-refractivity contribution in [2.45, 2.75) is 26.3 Å². The van der Waals surface area contributed by atoms with Crippen LogP contribution in [0.3, 0.4) is 0 Å². The van der Waals surface area contributed by atoms with Crippen LogP contribution in [0, 0.1) is 0 Å². The monoisotopic (exact) mass is 196 g/mol. The molecule has 0 saturated carbocycles. The molecular formula is C10H16N2O2. The first-order valence-corrected chi connectivity index (χ1v) is 4.74. The van der Waals surface area contributed by atoms with E-state index in [4.69, 9.17) is 4.42 Å². The lowest BCUT2D eigenvalue weighted by molar-refractivity contribution is 0.238. The molecule has 0 aliphatic carbocycles. The summed E-state index contributed by atoms with van der Waals surface area (Å²) < 4.78 is 4.91. The Morgan fingerprint density at radius 3 is 2.93 bits per heavy atom. The number of furan rings is 1. The van der Waals surface area contributed by atoms with Crippen molar-refractivity contribution in [3.05, 3.63) is 24.2 Å². The Morgan fingerprint density at radius 1 is 1.57 bits per heavy atom. The van der Waals surface area contributed by atoms with Crippen LogP contribution < -0.4 is 10.6 Å². The zero-order valence-electron chi connectivity index (χ0n) is 8.54. The molecule has 0 unspecified atom stereocenters. The molecule has 2 amide bonds. The van der Waals surface area contributed by atoms with E-state index in [0.29, 0.717) is 6.54 Å². The lowest BCUT2D eigenvalue weighted by Gasteiger charge is -2.09. The molecule has 78 valence electrons. The second-order valence-electron chi connectivity index (χ2n) is 3.44. The van der Waals surface area contributed by atoms with Gasteiger partial charge in [-0.25, -0.2) is 4.79 Å². The molecule has 4 nitrogen and oxygen atoms in total. The molecule has 0 radical (unpaired) electrons. The molecule has 0 saturated heterocycles. The SMILES string of the molecule is CC(C)NC(=O)NCCc1ccoc1.